The second kappa shape index (κ2) is 5.90. The molecule has 0 aliphatic heterocycles. The Morgan fingerprint density at radius 2 is 2.00 bits per heavy atom. The van der Waals surface area contributed by atoms with E-state index in [1.165, 1.54) is 12.1 Å². The standard InChI is InChI=1S/C12H16N2O4/c1-2-3-6-18-12(17)9-7(11(15)16)4-5-8(13)10(9)14/h4-5H,2-3,6,13-14H2,1H3,(H,15,16). The fourth-order valence-corrected chi connectivity index (χ4v) is 1.42. The van der Waals surface area contributed by atoms with Crippen LogP contribution in [0.25, 0.3) is 0 Å². The number of aromatic carboxylic acids is 1. The van der Waals surface area contributed by atoms with E-state index >= 15 is 0 Å². The van der Waals surface area contributed by atoms with Gasteiger partial charge in [-0.1, -0.05) is 13.3 Å². The van der Waals surface area contributed by atoms with E-state index < -0.39 is 11.9 Å². The molecule has 98 valence electrons. The molecular weight excluding hydrogens is 236 g/mol. The number of nitrogen functional groups attached to an aromatic ring is 2. The Morgan fingerprint density at radius 1 is 1.33 bits per heavy atom. The number of carboxylic acid groups (broad SMARTS) is 1. The lowest BCUT2D eigenvalue weighted by Crippen LogP contribution is -2.16. The summed E-state index contributed by atoms with van der Waals surface area (Å²) in [6.45, 7) is 2.17. The van der Waals surface area contributed by atoms with Gasteiger partial charge in [0.1, 0.15) is 0 Å². The van der Waals surface area contributed by atoms with Crippen LogP contribution in [0.15, 0.2) is 12.1 Å². The molecule has 1 rings (SSSR count). The molecule has 0 aliphatic carbocycles. The van der Waals surface area contributed by atoms with Gasteiger partial charge in [0, 0.05) is 0 Å². The van der Waals surface area contributed by atoms with Crippen molar-refractivity contribution >= 4 is 23.3 Å². The predicted molar refractivity (Wildman–Crippen MR) is 67.4 cm³/mol. The summed E-state index contributed by atoms with van der Waals surface area (Å²) in [4.78, 5) is 22.8. The minimum absolute atomic E-state index is 0.0589. The normalized spacial score (nSPS) is 10.1. The summed E-state index contributed by atoms with van der Waals surface area (Å²) in [5.41, 5.74) is 10.9. The van der Waals surface area contributed by atoms with E-state index in [0.717, 1.165) is 6.42 Å². The zero-order valence-corrected chi connectivity index (χ0v) is 10.1. The first-order chi connectivity index (χ1) is 8.49. The molecule has 1 aromatic rings. The van der Waals surface area contributed by atoms with E-state index in [0.29, 0.717) is 6.42 Å². The Hall–Kier alpha value is -2.24. The number of benzene rings is 1. The second-order valence-corrected chi connectivity index (χ2v) is 3.79. The Kier molecular flexibility index (Phi) is 4.53. The van der Waals surface area contributed by atoms with Crippen molar-refractivity contribution in [1.29, 1.82) is 0 Å². The van der Waals surface area contributed by atoms with Crippen molar-refractivity contribution in [2.45, 2.75) is 19.8 Å². The van der Waals surface area contributed by atoms with E-state index in [-0.39, 0.29) is 29.1 Å². The molecule has 0 unspecified atom stereocenters. The maximum absolute atomic E-state index is 11.8. The van der Waals surface area contributed by atoms with E-state index in [1.54, 1.807) is 0 Å². The number of esters is 1. The van der Waals surface area contributed by atoms with Gasteiger partial charge in [0.2, 0.25) is 0 Å². The van der Waals surface area contributed by atoms with E-state index in [2.05, 4.69) is 0 Å². The molecule has 0 aliphatic rings. The summed E-state index contributed by atoms with van der Waals surface area (Å²) in [6, 6.07) is 2.59. The van der Waals surface area contributed by atoms with Gasteiger partial charge in [-0.15, -0.1) is 0 Å². The van der Waals surface area contributed by atoms with E-state index in [4.69, 9.17) is 21.3 Å². The first-order valence-corrected chi connectivity index (χ1v) is 5.57. The largest absolute Gasteiger partial charge is 0.478 e. The first-order valence-electron chi connectivity index (χ1n) is 5.57. The topological polar surface area (TPSA) is 116 Å². The zero-order valence-electron chi connectivity index (χ0n) is 10.1. The molecule has 0 amide bonds. The molecule has 0 saturated carbocycles. The first kappa shape index (κ1) is 13.8. The lowest BCUT2D eigenvalue weighted by atomic mass is 10.0. The van der Waals surface area contributed by atoms with Gasteiger partial charge >= 0.3 is 11.9 Å². The summed E-state index contributed by atoms with van der Waals surface area (Å²) >= 11 is 0. The van der Waals surface area contributed by atoms with E-state index in [9.17, 15) is 9.59 Å². The summed E-state index contributed by atoms with van der Waals surface area (Å²) in [5, 5.41) is 9.00. The molecule has 0 spiro atoms. The van der Waals surface area contributed by atoms with Crippen LogP contribution in [-0.4, -0.2) is 23.7 Å². The van der Waals surface area contributed by atoms with Crippen molar-refractivity contribution < 1.29 is 19.4 Å². The minimum Gasteiger partial charge on any atom is -0.478 e. The van der Waals surface area contributed by atoms with Gasteiger partial charge in [-0.25, -0.2) is 9.59 Å². The van der Waals surface area contributed by atoms with Crippen molar-refractivity contribution in [2.24, 2.45) is 0 Å². The van der Waals surface area contributed by atoms with Crippen molar-refractivity contribution in [1.82, 2.24) is 0 Å². The lowest BCUT2D eigenvalue weighted by molar-refractivity contribution is 0.0490. The van der Waals surface area contributed by atoms with Crippen LogP contribution in [-0.2, 0) is 4.74 Å². The van der Waals surface area contributed by atoms with Crippen LogP contribution < -0.4 is 11.5 Å². The van der Waals surface area contributed by atoms with Gasteiger partial charge in [0.05, 0.1) is 29.1 Å². The molecular formula is C12H16N2O4. The predicted octanol–water partition coefficient (Wildman–Crippen LogP) is 1.51. The molecule has 0 heterocycles. The molecule has 0 aromatic heterocycles. The number of hydrogen-bond acceptors (Lipinski definition) is 5. The number of ether oxygens (including phenoxy) is 1. The van der Waals surface area contributed by atoms with Crippen molar-refractivity contribution in [3.05, 3.63) is 23.3 Å². The molecule has 0 bridgehead atoms. The third-order valence-electron chi connectivity index (χ3n) is 2.44. The Morgan fingerprint density at radius 3 is 2.56 bits per heavy atom. The molecule has 1 aromatic carbocycles. The number of nitrogens with two attached hydrogens (primary N) is 2. The van der Waals surface area contributed by atoms with E-state index in [1.807, 2.05) is 6.92 Å². The summed E-state index contributed by atoms with van der Waals surface area (Å²) in [7, 11) is 0. The van der Waals surface area contributed by atoms with Crippen molar-refractivity contribution in [2.75, 3.05) is 18.1 Å². The Bertz CT molecular complexity index is 471. The molecule has 0 atom stereocenters. The summed E-state index contributed by atoms with van der Waals surface area (Å²) < 4.78 is 4.96. The average molecular weight is 252 g/mol. The fourth-order valence-electron chi connectivity index (χ4n) is 1.42. The number of carbonyl (C=O) groups excluding carboxylic acids is 1. The Balaban J connectivity index is 3.08. The quantitative estimate of drug-likeness (QED) is 0.415. The maximum Gasteiger partial charge on any atom is 0.341 e. The number of rotatable bonds is 5. The second-order valence-electron chi connectivity index (χ2n) is 3.79. The highest BCUT2D eigenvalue weighted by molar-refractivity contribution is 6.08. The van der Waals surface area contributed by atoms with Gasteiger partial charge in [-0.3, -0.25) is 0 Å². The molecule has 0 radical (unpaired) electrons. The van der Waals surface area contributed by atoms with Crippen molar-refractivity contribution in [3.8, 4) is 0 Å². The monoisotopic (exact) mass is 252 g/mol. The highest BCUT2D eigenvalue weighted by Crippen LogP contribution is 2.25. The zero-order chi connectivity index (χ0) is 13.7. The van der Waals surface area contributed by atoms with Crippen molar-refractivity contribution in [3.63, 3.8) is 0 Å². The van der Waals surface area contributed by atoms with Crippen LogP contribution in [0.4, 0.5) is 11.4 Å². The SMILES string of the molecule is CCCCOC(=O)c1c(C(=O)O)ccc(N)c1N. The van der Waals surface area contributed by atoms with Crippen LogP contribution in [0.1, 0.15) is 40.5 Å². The third-order valence-corrected chi connectivity index (χ3v) is 2.44. The van der Waals surface area contributed by atoms with Gasteiger partial charge in [-0.2, -0.15) is 0 Å². The molecule has 18 heavy (non-hydrogen) atoms. The van der Waals surface area contributed by atoms with Gasteiger partial charge < -0.3 is 21.3 Å². The smallest absolute Gasteiger partial charge is 0.341 e. The summed E-state index contributed by atoms with van der Waals surface area (Å²) in [5.74, 6) is -2.00. The lowest BCUT2D eigenvalue weighted by Gasteiger charge is -2.11. The van der Waals surface area contributed by atoms with Gasteiger partial charge in [0.15, 0.2) is 0 Å². The van der Waals surface area contributed by atoms with Crippen LogP contribution in [0.5, 0.6) is 0 Å². The highest BCUT2D eigenvalue weighted by atomic mass is 16.5. The minimum atomic E-state index is -1.25. The maximum atomic E-state index is 11.8. The fraction of sp³-hybridized carbons (Fsp3) is 0.333. The van der Waals surface area contributed by atoms with Crippen LogP contribution in [0.2, 0.25) is 0 Å². The molecule has 0 saturated heterocycles. The number of carbonyl (C=O) groups is 2. The van der Waals surface area contributed by atoms with Gasteiger partial charge in [-0.05, 0) is 18.6 Å². The van der Waals surface area contributed by atoms with Crippen LogP contribution in [0, 0.1) is 0 Å². The average Bonchev–Trinajstić information content (AvgIpc) is 2.32. The Labute approximate surface area is 105 Å². The number of anilines is 2. The van der Waals surface area contributed by atoms with Gasteiger partial charge in [0.25, 0.3) is 0 Å². The summed E-state index contributed by atoms with van der Waals surface area (Å²) in [6.07, 6.45) is 1.57. The molecule has 0 fully saturated rings. The highest BCUT2D eigenvalue weighted by Gasteiger charge is 2.22. The number of carboxylic acids is 1. The molecule has 6 heteroatoms. The number of hydrogen-bond donors (Lipinski definition) is 3. The number of unbranched alkanes of at least 4 members (excludes halogenated alkanes) is 1. The third kappa shape index (κ3) is 2.91. The van der Waals surface area contributed by atoms with Crippen LogP contribution in [0.3, 0.4) is 0 Å². The van der Waals surface area contributed by atoms with Crippen LogP contribution >= 0.6 is 0 Å². The molecule has 6 nitrogen and oxygen atoms in total. The molecule has 5 N–H and O–H groups in total.